The number of nitrogens with zero attached hydrogens (tertiary/aromatic N) is 2. The Hall–Kier alpha value is -0.710. The van der Waals surface area contributed by atoms with Gasteiger partial charge in [0.25, 0.3) is 0 Å². The van der Waals surface area contributed by atoms with E-state index in [-0.39, 0.29) is 5.41 Å². The van der Waals surface area contributed by atoms with Crippen LogP contribution in [-0.2, 0) is 4.74 Å². The fourth-order valence-corrected chi connectivity index (χ4v) is 2.75. The Bertz CT molecular complexity index is 329. The van der Waals surface area contributed by atoms with Crippen LogP contribution < -0.4 is 0 Å². The number of ether oxygens (including phenoxy) is 1. The van der Waals surface area contributed by atoms with Gasteiger partial charge < -0.3 is 9.64 Å². The molecule has 0 radical (unpaired) electrons. The zero-order valence-corrected chi connectivity index (χ0v) is 13.5. The van der Waals surface area contributed by atoms with E-state index in [2.05, 4.69) is 30.7 Å². The van der Waals surface area contributed by atoms with Gasteiger partial charge in [-0.3, -0.25) is 0 Å². The molecule has 0 atom stereocenters. The molecule has 1 saturated heterocycles. The Labute approximate surface area is 121 Å². The number of rotatable bonds is 2. The number of amides is 1. The Morgan fingerprint density at radius 3 is 2.37 bits per heavy atom. The van der Waals surface area contributed by atoms with E-state index in [4.69, 9.17) is 4.74 Å². The first-order chi connectivity index (χ1) is 8.80. The molecule has 0 saturated carbocycles. The average Bonchev–Trinajstić information content (AvgIpc) is 2.33. The molecule has 1 amide bonds. The quantitative estimate of drug-likeness (QED) is 0.577. The van der Waals surface area contributed by atoms with Crippen molar-refractivity contribution in [3.05, 3.63) is 0 Å². The molecule has 0 unspecified atom stereocenters. The second-order valence-corrected chi connectivity index (χ2v) is 7.48. The number of carbonyl (C=O) groups is 1. The van der Waals surface area contributed by atoms with E-state index in [9.17, 15) is 4.79 Å². The molecule has 0 aliphatic carbocycles. The van der Waals surface area contributed by atoms with Crippen molar-refractivity contribution in [1.82, 2.24) is 4.90 Å². The van der Waals surface area contributed by atoms with Crippen molar-refractivity contribution in [1.29, 1.82) is 0 Å². The first-order valence-electron chi connectivity index (χ1n) is 6.89. The highest BCUT2D eigenvalue weighted by Crippen LogP contribution is 2.22. The molecule has 0 N–H and O–H groups in total. The lowest BCUT2D eigenvalue weighted by atomic mass is 9.94. The SMILES string of the molecule is CC(C)COC(=O)/N=C(\N1CCSCC1)C(C)(C)C. The van der Waals surface area contributed by atoms with Crippen molar-refractivity contribution in [3.63, 3.8) is 0 Å². The molecule has 4 nitrogen and oxygen atoms in total. The zero-order valence-electron chi connectivity index (χ0n) is 12.7. The van der Waals surface area contributed by atoms with Crippen LogP contribution in [-0.4, -0.2) is 48.0 Å². The smallest absolute Gasteiger partial charge is 0.435 e. The Morgan fingerprint density at radius 1 is 1.32 bits per heavy atom. The fourth-order valence-electron chi connectivity index (χ4n) is 1.84. The van der Waals surface area contributed by atoms with Crippen molar-refractivity contribution >= 4 is 23.7 Å². The number of hydrogen-bond donors (Lipinski definition) is 0. The second kappa shape index (κ2) is 7.17. The summed E-state index contributed by atoms with van der Waals surface area (Å²) in [6.07, 6.45) is -0.461. The molecular formula is C14H26N2O2S. The van der Waals surface area contributed by atoms with Crippen molar-refractivity contribution in [3.8, 4) is 0 Å². The minimum atomic E-state index is -0.461. The third-order valence-corrected chi connectivity index (χ3v) is 3.66. The number of amidine groups is 1. The standard InChI is InChI=1S/C14H26N2O2S/c1-11(2)10-18-13(17)15-12(14(3,4)5)16-6-8-19-9-7-16/h11H,6-10H2,1-5H3/b15-12-. The molecule has 0 bridgehead atoms. The predicted molar refractivity (Wildman–Crippen MR) is 82.0 cm³/mol. The van der Waals surface area contributed by atoms with Crippen LogP contribution in [0.2, 0.25) is 0 Å². The zero-order chi connectivity index (χ0) is 14.5. The Kier molecular flexibility index (Phi) is 6.17. The van der Waals surface area contributed by atoms with E-state index in [0.717, 1.165) is 30.4 Å². The third-order valence-electron chi connectivity index (χ3n) is 2.72. The van der Waals surface area contributed by atoms with Crippen LogP contribution in [0.4, 0.5) is 4.79 Å². The molecule has 19 heavy (non-hydrogen) atoms. The molecule has 1 aliphatic heterocycles. The molecule has 0 aromatic rings. The topological polar surface area (TPSA) is 41.9 Å². The van der Waals surface area contributed by atoms with Crippen molar-refractivity contribution in [2.75, 3.05) is 31.2 Å². The third kappa shape index (κ3) is 5.85. The maximum atomic E-state index is 11.8. The van der Waals surface area contributed by atoms with Crippen molar-refractivity contribution in [2.24, 2.45) is 16.3 Å². The lowest BCUT2D eigenvalue weighted by molar-refractivity contribution is 0.142. The van der Waals surface area contributed by atoms with Gasteiger partial charge in [-0.15, -0.1) is 0 Å². The Balaban J connectivity index is 2.75. The van der Waals surface area contributed by atoms with Crippen LogP contribution in [0.1, 0.15) is 34.6 Å². The van der Waals surface area contributed by atoms with Crippen LogP contribution in [0.25, 0.3) is 0 Å². The van der Waals surface area contributed by atoms with Gasteiger partial charge in [0.2, 0.25) is 0 Å². The van der Waals surface area contributed by atoms with E-state index < -0.39 is 6.09 Å². The molecule has 5 heteroatoms. The lowest BCUT2D eigenvalue weighted by Gasteiger charge is -2.35. The van der Waals surface area contributed by atoms with Crippen LogP contribution in [0, 0.1) is 11.3 Å². The molecule has 1 aliphatic rings. The van der Waals surface area contributed by atoms with Gasteiger partial charge in [-0.2, -0.15) is 16.8 Å². The van der Waals surface area contributed by atoms with E-state index in [1.54, 1.807) is 0 Å². The van der Waals surface area contributed by atoms with Gasteiger partial charge in [-0.05, 0) is 5.92 Å². The van der Waals surface area contributed by atoms with Crippen LogP contribution >= 0.6 is 11.8 Å². The minimum absolute atomic E-state index is 0.140. The highest BCUT2D eigenvalue weighted by molar-refractivity contribution is 7.99. The first-order valence-corrected chi connectivity index (χ1v) is 8.05. The summed E-state index contributed by atoms with van der Waals surface area (Å²) in [7, 11) is 0. The molecule has 1 fully saturated rings. The molecule has 0 aromatic carbocycles. The van der Waals surface area contributed by atoms with Gasteiger partial charge >= 0.3 is 6.09 Å². The fraction of sp³-hybridized carbons (Fsp3) is 0.857. The maximum absolute atomic E-state index is 11.8. The summed E-state index contributed by atoms with van der Waals surface area (Å²) in [5.74, 6) is 3.37. The van der Waals surface area contributed by atoms with Gasteiger partial charge in [-0.25, -0.2) is 4.79 Å². The highest BCUT2D eigenvalue weighted by atomic mass is 32.2. The van der Waals surface area contributed by atoms with E-state index in [0.29, 0.717) is 12.5 Å². The number of carbonyl (C=O) groups excluding carboxylic acids is 1. The summed E-state index contributed by atoms with van der Waals surface area (Å²) >= 11 is 1.95. The van der Waals surface area contributed by atoms with Gasteiger partial charge in [0.05, 0.1) is 6.61 Å². The van der Waals surface area contributed by atoms with Crippen LogP contribution in [0.3, 0.4) is 0 Å². The van der Waals surface area contributed by atoms with E-state index in [1.807, 2.05) is 25.6 Å². The summed E-state index contributed by atoms with van der Waals surface area (Å²) in [5.41, 5.74) is -0.140. The normalized spacial score (nSPS) is 17.8. The predicted octanol–water partition coefficient (Wildman–Crippen LogP) is 3.27. The van der Waals surface area contributed by atoms with Gasteiger partial charge in [0.15, 0.2) is 0 Å². The van der Waals surface area contributed by atoms with Crippen LogP contribution in [0.5, 0.6) is 0 Å². The molecule has 0 aromatic heterocycles. The van der Waals surface area contributed by atoms with Gasteiger partial charge in [-0.1, -0.05) is 34.6 Å². The summed E-state index contributed by atoms with van der Waals surface area (Å²) in [5, 5.41) is 0. The van der Waals surface area contributed by atoms with Gasteiger partial charge in [0.1, 0.15) is 5.84 Å². The van der Waals surface area contributed by atoms with E-state index in [1.165, 1.54) is 0 Å². The lowest BCUT2D eigenvalue weighted by Crippen LogP contribution is -2.44. The molecule has 1 heterocycles. The molecular weight excluding hydrogens is 260 g/mol. The highest BCUT2D eigenvalue weighted by Gasteiger charge is 2.27. The summed E-state index contributed by atoms with van der Waals surface area (Å²) < 4.78 is 5.16. The summed E-state index contributed by atoms with van der Waals surface area (Å²) in [6.45, 7) is 12.6. The molecule has 0 spiro atoms. The van der Waals surface area contributed by atoms with Crippen molar-refractivity contribution in [2.45, 2.75) is 34.6 Å². The summed E-state index contributed by atoms with van der Waals surface area (Å²) in [4.78, 5) is 18.2. The van der Waals surface area contributed by atoms with Gasteiger partial charge in [0, 0.05) is 30.0 Å². The van der Waals surface area contributed by atoms with E-state index >= 15 is 0 Å². The maximum Gasteiger partial charge on any atom is 0.435 e. The van der Waals surface area contributed by atoms with Crippen LogP contribution in [0.15, 0.2) is 4.99 Å². The summed E-state index contributed by atoms with van der Waals surface area (Å²) in [6, 6.07) is 0. The molecule has 110 valence electrons. The first kappa shape index (κ1) is 16.3. The second-order valence-electron chi connectivity index (χ2n) is 6.26. The van der Waals surface area contributed by atoms with Crippen molar-refractivity contribution < 1.29 is 9.53 Å². The number of aliphatic imine (C=N–C) groups is 1. The number of thioether (sulfide) groups is 1. The monoisotopic (exact) mass is 286 g/mol. The minimum Gasteiger partial charge on any atom is -0.448 e. The molecule has 1 rings (SSSR count). The Morgan fingerprint density at radius 2 is 1.89 bits per heavy atom. The average molecular weight is 286 g/mol. The largest absolute Gasteiger partial charge is 0.448 e. The number of hydrogen-bond acceptors (Lipinski definition) is 3.